The molecule has 2 N–H and O–H groups in total. The van der Waals surface area contributed by atoms with Crippen LogP contribution in [0.4, 0.5) is 5.00 Å². The second kappa shape index (κ2) is 5.38. The number of thiophene rings is 2. The summed E-state index contributed by atoms with van der Waals surface area (Å²) in [6.07, 6.45) is 4.45. The van der Waals surface area contributed by atoms with E-state index in [1.807, 2.05) is 6.07 Å². The molecule has 0 aliphatic heterocycles. The molecule has 0 unspecified atom stereocenters. The molecule has 1 amide bonds. The van der Waals surface area contributed by atoms with Crippen molar-refractivity contribution in [2.24, 2.45) is 0 Å². The summed E-state index contributed by atoms with van der Waals surface area (Å²) in [5, 5.41) is 13.8. The number of rotatable bonds is 3. The van der Waals surface area contributed by atoms with Gasteiger partial charge in [0.15, 0.2) is 0 Å². The van der Waals surface area contributed by atoms with Crippen LogP contribution in [0, 0.1) is 0 Å². The molecule has 2 heterocycles. The lowest BCUT2D eigenvalue weighted by Gasteiger charge is -2.08. The summed E-state index contributed by atoms with van der Waals surface area (Å²) in [5.41, 5.74) is 1.42. The van der Waals surface area contributed by atoms with Gasteiger partial charge in [-0.1, -0.05) is 0 Å². The Kier molecular flexibility index (Phi) is 3.58. The predicted molar refractivity (Wildman–Crippen MR) is 80.2 cm³/mol. The number of amides is 1. The second-order valence-electron chi connectivity index (χ2n) is 4.69. The van der Waals surface area contributed by atoms with Crippen LogP contribution in [0.1, 0.15) is 43.3 Å². The Morgan fingerprint density at radius 1 is 1.25 bits per heavy atom. The number of nitrogens with one attached hydrogen (secondary N) is 1. The van der Waals surface area contributed by atoms with Crippen LogP contribution < -0.4 is 5.32 Å². The lowest BCUT2D eigenvalue weighted by molar-refractivity contribution is 0.0698. The first-order chi connectivity index (χ1) is 9.65. The maximum Gasteiger partial charge on any atom is 0.338 e. The van der Waals surface area contributed by atoms with E-state index in [1.54, 1.807) is 5.38 Å². The average molecular weight is 307 g/mol. The van der Waals surface area contributed by atoms with Gasteiger partial charge in [0, 0.05) is 4.88 Å². The molecule has 0 radical (unpaired) electrons. The Hall–Kier alpha value is -1.66. The van der Waals surface area contributed by atoms with E-state index in [4.69, 9.17) is 5.11 Å². The molecule has 2 aromatic heterocycles. The van der Waals surface area contributed by atoms with Crippen LogP contribution in [0.3, 0.4) is 0 Å². The van der Waals surface area contributed by atoms with Crippen LogP contribution in [0.5, 0.6) is 0 Å². The maximum absolute atomic E-state index is 12.2. The zero-order valence-corrected chi connectivity index (χ0v) is 12.3. The van der Waals surface area contributed by atoms with Crippen LogP contribution in [0.2, 0.25) is 0 Å². The number of carboxylic acids is 1. The number of hydrogen-bond acceptors (Lipinski definition) is 4. The number of anilines is 1. The minimum absolute atomic E-state index is 0.143. The van der Waals surface area contributed by atoms with E-state index in [9.17, 15) is 9.59 Å². The molecular weight excluding hydrogens is 294 g/mol. The van der Waals surface area contributed by atoms with Gasteiger partial charge < -0.3 is 10.4 Å². The molecule has 1 aliphatic rings. The van der Waals surface area contributed by atoms with Crippen molar-refractivity contribution in [1.29, 1.82) is 0 Å². The average Bonchev–Trinajstić information content (AvgIpc) is 3.03. The molecule has 3 rings (SSSR count). The van der Waals surface area contributed by atoms with E-state index in [2.05, 4.69) is 5.32 Å². The number of carbonyl (C=O) groups is 2. The Labute approximate surface area is 124 Å². The molecule has 1 aliphatic carbocycles. The van der Waals surface area contributed by atoms with Gasteiger partial charge in [-0.05, 0) is 48.8 Å². The van der Waals surface area contributed by atoms with Gasteiger partial charge in [-0.25, -0.2) is 4.79 Å². The monoisotopic (exact) mass is 307 g/mol. The van der Waals surface area contributed by atoms with Gasteiger partial charge in [0.05, 0.1) is 10.4 Å². The normalized spacial score (nSPS) is 13.8. The van der Waals surface area contributed by atoms with Crippen molar-refractivity contribution in [1.82, 2.24) is 0 Å². The summed E-state index contributed by atoms with van der Waals surface area (Å²) in [6.45, 7) is 0. The van der Waals surface area contributed by atoms with E-state index in [0.717, 1.165) is 12.8 Å². The van der Waals surface area contributed by atoms with Crippen molar-refractivity contribution in [2.45, 2.75) is 25.7 Å². The molecular formula is C14H13NO3S2. The van der Waals surface area contributed by atoms with Gasteiger partial charge >= 0.3 is 5.97 Å². The largest absolute Gasteiger partial charge is 0.478 e. The number of aryl methyl sites for hydroxylation is 2. The van der Waals surface area contributed by atoms with E-state index >= 15 is 0 Å². The first-order valence-corrected chi connectivity index (χ1v) is 8.08. The van der Waals surface area contributed by atoms with Gasteiger partial charge in [-0.3, -0.25) is 4.79 Å². The first kappa shape index (κ1) is 13.3. The fourth-order valence-corrected chi connectivity index (χ4v) is 4.26. The van der Waals surface area contributed by atoms with Gasteiger partial charge in [0.25, 0.3) is 5.91 Å². The van der Waals surface area contributed by atoms with Crippen molar-refractivity contribution in [3.05, 3.63) is 38.4 Å². The fraction of sp³-hybridized carbons (Fsp3) is 0.286. The number of carboxylic acid groups (broad SMARTS) is 1. The number of carbonyl (C=O) groups excluding carboxylic acids is 1. The number of fused-ring (bicyclic) bond motifs is 1. The zero-order valence-electron chi connectivity index (χ0n) is 10.6. The van der Waals surface area contributed by atoms with Crippen LogP contribution in [-0.4, -0.2) is 17.0 Å². The predicted octanol–water partition coefficient (Wildman–Crippen LogP) is 3.64. The smallest absolute Gasteiger partial charge is 0.338 e. The van der Waals surface area contributed by atoms with Gasteiger partial charge in [-0.15, -0.1) is 22.7 Å². The number of hydrogen-bond donors (Lipinski definition) is 2. The Bertz CT molecular complexity index is 648. The highest BCUT2D eigenvalue weighted by Crippen LogP contribution is 2.31. The van der Waals surface area contributed by atoms with Crippen molar-refractivity contribution in [3.8, 4) is 0 Å². The van der Waals surface area contributed by atoms with Gasteiger partial charge in [0.2, 0.25) is 0 Å². The third kappa shape index (κ3) is 2.48. The Balaban J connectivity index is 1.81. The topological polar surface area (TPSA) is 66.4 Å². The molecule has 0 aromatic carbocycles. The summed E-state index contributed by atoms with van der Waals surface area (Å²) < 4.78 is 0. The molecule has 4 nitrogen and oxygen atoms in total. The molecule has 0 bridgehead atoms. The summed E-state index contributed by atoms with van der Waals surface area (Å²) in [7, 11) is 0. The third-order valence-corrected chi connectivity index (χ3v) is 5.41. The quantitative estimate of drug-likeness (QED) is 0.909. The summed E-state index contributed by atoms with van der Waals surface area (Å²) in [6, 6.07) is 3.45. The highest BCUT2D eigenvalue weighted by Gasteiger charge is 2.19. The van der Waals surface area contributed by atoms with E-state index < -0.39 is 5.97 Å². The molecule has 0 saturated heterocycles. The third-order valence-electron chi connectivity index (χ3n) is 3.34. The lowest BCUT2D eigenvalue weighted by Crippen LogP contribution is -2.11. The molecule has 20 heavy (non-hydrogen) atoms. The maximum atomic E-state index is 12.2. The summed E-state index contributed by atoms with van der Waals surface area (Å²) in [4.78, 5) is 25.2. The highest BCUT2D eigenvalue weighted by molar-refractivity contribution is 7.15. The number of aromatic carboxylic acids is 1. The highest BCUT2D eigenvalue weighted by atomic mass is 32.1. The first-order valence-electron chi connectivity index (χ1n) is 6.39. The standard InChI is InChI=1S/C14H13NO3S2/c16-12(15-13-9(14(17)18)5-6-19-13)11-7-8-3-1-2-4-10(8)20-11/h5-7H,1-4H2,(H,15,16)(H,17,18). The summed E-state index contributed by atoms with van der Waals surface area (Å²) in [5.74, 6) is -1.23. The molecule has 2 aromatic rings. The zero-order chi connectivity index (χ0) is 14.1. The Morgan fingerprint density at radius 2 is 2.05 bits per heavy atom. The van der Waals surface area contributed by atoms with Crippen molar-refractivity contribution < 1.29 is 14.7 Å². The molecule has 0 atom stereocenters. The SMILES string of the molecule is O=C(Nc1sccc1C(=O)O)c1cc2c(s1)CCCC2. The summed E-state index contributed by atoms with van der Waals surface area (Å²) >= 11 is 2.75. The van der Waals surface area contributed by atoms with Crippen molar-refractivity contribution in [2.75, 3.05) is 5.32 Å². The van der Waals surface area contributed by atoms with Gasteiger partial charge in [-0.2, -0.15) is 0 Å². The molecule has 104 valence electrons. The van der Waals surface area contributed by atoms with E-state index in [1.165, 1.54) is 52.0 Å². The molecule has 6 heteroatoms. The fourth-order valence-electron chi connectivity index (χ4n) is 2.34. The van der Waals surface area contributed by atoms with Crippen LogP contribution in [0.25, 0.3) is 0 Å². The minimum Gasteiger partial charge on any atom is -0.478 e. The lowest BCUT2D eigenvalue weighted by atomic mass is 9.99. The minimum atomic E-state index is -1.02. The molecule has 0 spiro atoms. The van der Waals surface area contributed by atoms with Crippen molar-refractivity contribution >= 4 is 39.6 Å². The van der Waals surface area contributed by atoms with E-state index in [0.29, 0.717) is 9.88 Å². The molecule has 0 saturated carbocycles. The second-order valence-corrected chi connectivity index (χ2v) is 6.74. The van der Waals surface area contributed by atoms with Gasteiger partial charge in [0.1, 0.15) is 5.00 Å². The van der Waals surface area contributed by atoms with Crippen molar-refractivity contribution in [3.63, 3.8) is 0 Å². The van der Waals surface area contributed by atoms with Crippen LogP contribution in [0.15, 0.2) is 17.5 Å². The Morgan fingerprint density at radius 3 is 2.80 bits per heavy atom. The van der Waals surface area contributed by atoms with Crippen LogP contribution in [-0.2, 0) is 12.8 Å². The van der Waals surface area contributed by atoms with Crippen LogP contribution >= 0.6 is 22.7 Å². The van der Waals surface area contributed by atoms with E-state index in [-0.39, 0.29) is 11.5 Å². The molecule has 0 fully saturated rings.